The van der Waals surface area contributed by atoms with Crippen molar-refractivity contribution in [1.29, 1.82) is 0 Å². The Morgan fingerprint density at radius 1 is 1.07 bits per heavy atom. The van der Waals surface area contributed by atoms with E-state index in [1.807, 2.05) is 0 Å². The first kappa shape index (κ1) is 18.9. The fourth-order valence-electron chi connectivity index (χ4n) is 2.65. The average molecular weight is 380 g/mol. The van der Waals surface area contributed by atoms with Crippen molar-refractivity contribution in [3.05, 3.63) is 48.0 Å². The maximum atomic E-state index is 13.0. The minimum absolute atomic E-state index is 0.276. The number of carbonyl (C=O) groups excluding carboxylic acids is 1. The van der Waals surface area contributed by atoms with E-state index in [4.69, 9.17) is 9.47 Å². The molecule has 0 saturated carbocycles. The number of halogens is 3. The Bertz CT molecular complexity index is 824. The third-order valence-corrected chi connectivity index (χ3v) is 4.01. The van der Waals surface area contributed by atoms with Crippen LogP contribution in [0.2, 0.25) is 0 Å². The minimum atomic E-state index is -4.55. The van der Waals surface area contributed by atoms with Crippen molar-refractivity contribution in [2.45, 2.75) is 25.6 Å². The van der Waals surface area contributed by atoms with Gasteiger partial charge in [-0.25, -0.2) is 0 Å². The quantitative estimate of drug-likeness (QED) is 0.830. The molecule has 2 aromatic carbocycles. The van der Waals surface area contributed by atoms with Crippen LogP contribution in [0.4, 0.5) is 24.5 Å². The van der Waals surface area contributed by atoms with Gasteiger partial charge in [-0.2, -0.15) is 13.2 Å². The van der Waals surface area contributed by atoms with Crippen LogP contribution >= 0.6 is 0 Å². The number of benzene rings is 2. The van der Waals surface area contributed by atoms with Crippen LogP contribution in [0.15, 0.2) is 42.5 Å². The predicted molar refractivity (Wildman–Crippen MR) is 95.2 cm³/mol. The molecule has 0 spiro atoms. The second kappa shape index (κ2) is 7.77. The summed E-state index contributed by atoms with van der Waals surface area (Å²) in [7, 11) is 0. The SMILES string of the molecule is CC(Nc1ccc2c(c1)OCCCO2)C(=O)Nc1ccccc1C(F)(F)F. The molecular formula is C19H19F3N2O3. The average Bonchev–Trinajstić information content (AvgIpc) is 2.86. The fraction of sp³-hybridized carbons (Fsp3) is 0.316. The highest BCUT2D eigenvalue weighted by molar-refractivity contribution is 5.97. The molecule has 0 aliphatic carbocycles. The van der Waals surface area contributed by atoms with E-state index in [-0.39, 0.29) is 5.69 Å². The zero-order chi connectivity index (χ0) is 19.4. The lowest BCUT2D eigenvalue weighted by molar-refractivity contribution is -0.137. The summed E-state index contributed by atoms with van der Waals surface area (Å²) in [6, 6.07) is 9.25. The lowest BCUT2D eigenvalue weighted by atomic mass is 10.1. The van der Waals surface area contributed by atoms with Gasteiger partial charge >= 0.3 is 6.18 Å². The van der Waals surface area contributed by atoms with Crippen LogP contribution in [-0.2, 0) is 11.0 Å². The Kier molecular flexibility index (Phi) is 5.43. The number of anilines is 2. The standard InChI is InChI=1S/C19H19F3N2O3/c1-12(18(25)24-15-6-3-2-5-14(15)19(20,21)22)23-13-7-8-16-17(11-13)27-10-4-9-26-16/h2-3,5-8,11-12,23H,4,9-10H2,1H3,(H,24,25). The number of carbonyl (C=O) groups is 1. The summed E-state index contributed by atoms with van der Waals surface area (Å²) in [4.78, 5) is 12.3. The third kappa shape index (κ3) is 4.64. The summed E-state index contributed by atoms with van der Waals surface area (Å²) in [6.07, 6.45) is -3.77. The van der Waals surface area contributed by atoms with Crippen molar-refractivity contribution in [3.63, 3.8) is 0 Å². The van der Waals surface area contributed by atoms with E-state index >= 15 is 0 Å². The molecule has 0 bridgehead atoms. The molecule has 1 amide bonds. The maximum absolute atomic E-state index is 13.0. The summed E-state index contributed by atoms with van der Waals surface area (Å²) in [5.74, 6) is 0.598. The smallest absolute Gasteiger partial charge is 0.418 e. The topological polar surface area (TPSA) is 59.6 Å². The number of rotatable bonds is 4. The molecule has 0 fully saturated rings. The number of amides is 1. The molecule has 5 nitrogen and oxygen atoms in total. The third-order valence-electron chi connectivity index (χ3n) is 4.01. The van der Waals surface area contributed by atoms with Gasteiger partial charge in [0.05, 0.1) is 24.5 Å². The first-order valence-electron chi connectivity index (χ1n) is 8.48. The second-order valence-electron chi connectivity index (χ2n) is 6.11. The summed E-state index contributed by atoms with van der Waals surface area (Å²) < 4.78 is 50.3. The molecule has 1 aliphatic rings. The summed E-state index contributed by atoms with van der Waals surface area (Å²) in [5.41, 5.74) is -0.561. The molecule has 2 N–H and O–H groups in total. The second-order valence-corrected chi connectivity index (χ2v) is 6.11. The van der Waals surface area contributed by atoms with Gasteiger partial charge in [0.1, 0.15) is 6.04 Å². The van der Waals surface area contributed by atoms with E-state index in [2.05, 4.69) is 10.6 Å². The zero-order valence-corrected chi connectivity index (χ0v) is 14.6. The molecule has 144 valence electrons. The molecule has 0 saturated heterocycles. The zero-order valence-electron chi connectivity index (χ0n) is 14.6. The summed E-state index contributed by atoms with van der Waals surface area (Å²) in [6.45, 7) is 2.66. The highest BCUT2D eigenvalue weighted by atomic mass is 19.4. The van der Waals surface area contributed by atoms with Crippen molar-refractivity contribution >= 4 is 17.3 Å². The predicted octanol–water partition coefficient (Wildman–Crippen LogP) is 4.31. The number of fused-ring (bicyclic) bond motifs is 1. The van der Waals surface area contributed by atoms with Gasteiger partial charge in [0.2, 0.25) is 5.91 Å². The van der Waals surface area contributed by atoms with Gasteiger partial charge in [0.15, 0.2) is 11.5 Å². The number of alkyl halides is 3. The van der Waals surface area contributed by atoms with Crippen LogP contribution in [0.1, 0.15) is 18.9 Å². The Morgan fingerprint density at radius 2 is 1.78 bits per heavy atom. The van der Waals surface area contributed by atoms with Gasteiger partial charge in [-0.15, -0.1) is 0 Å². The lowest BCUT2D eigenvalue weighted by Gasteiger charge is -2.18. The van der Waals surface area contributed by atoms with Crippen molar-refractivity contribution in [1.82, 2.24) is 0 Å². The Balaban J connectivity index is 1.69. The fourth-order valence-corrected chi connectivity index (χ4v) is 2.65. The highest BCUT2D eigenvalue weighted by Crippen LogP contribution is 2.35. The number of hydrogen-bond donors (Lipinski definition) is 2. The number of hydrogen-bond acceptors (Lipinski definition) is 4. The molecular weight excluding hydrogens is 361 g/mol. The Hall–Kier alpha value is -2.90. The van der Waals surface area contributed by atoms with Crippen LogP contribution in [0.5, 0.6) is 11.5 Å². The lowest BCUT2D eigenvalue weighted by Crippen LogP contribution is -2.32. The first-order chi connectivity index (χ1) is 12.8. The molecule has 3 rings (SSSR count). The number of ether oxygens (including phenoxy) is 2. The largest absolute Gasteiger partial charge is 0.490 e. The molecule has 2 aromatic rings. The van der Waals surface area contributed by atoms with Crippen LogP contribution in [0.3, 0.4) is 0 Å². The monoisotopic (exact) mass is 380 g/mol. The van der Waals surface area contributed by atoms with Gasteiger partial charge < -0.3 is 20.1 Å². The van der Waals surface area contributed by atoms with E-state index in [9.17, 15) is 18.0 Å². The summed E-state index contributed by atoms with van der Waals surface area (Å²) >= 11 is 0. The molecule has 1 unspecified atom stereocenters. The molecule has 1 atom stereocenters. The van der Waals surface area contributed by atoms with Gasteiger partial charge in [-0.05, 0) is 31.2 Å². The van der Waals surface area contributed by atoms with Gasteiger partial charge in [0, 0.05) is 18.2 Å². The van der Waals surface area contributed by atoms with E-state index in [0.29, 0.717) is 30.4 Å². The van der Waals surface area contributed by atoms with E-state index < -0.39 is 23.7 Å². The van der Waals surface area contributed by atoms with Crippen molar-refractivity contribution in [2.24, 2.45) is 0 Å². The van der Waals surface area contributed by atoms with Crippen molar-refractivity contribution in [2.75, 3.05) is 23.8 Å². The minimum Gasteiger partial charge on any atom is -0.490 e. The molecule has 1 heterocycles. The maximum Gasteiger partial charge on any atom is 0.418 e. The van der Waals surface area contributed by atoms with Crippen LogP contribution in [0, 0.1) is 0 Å². The van der Waals surface area contributed by atoms with Crippen LogP contribution in [0.25, 0.3) is 0 Å². The van der Waals surface area contributed by atoms with Crippen molar-refractivity contribution in [3.8, 4) is 11.5 Å². The summed E-state index contributed by atoms with van der Waals surface area (Å²) in [5, 5.41) is 5.29. The number of para-hydroxylation sites is 1. The van der Waals surface area contributed by atoms with E-state index in [1.54, 1.807) is 25.1 Å². The Labute approximate surface area is 154 Å². The highest BCUT2D eigenvalue weighted by Gasteiger charge is 2.33. The first-order valence-corrected chi connectivity index (χ1v) is 8.48. The molecule has 27 heavy (non-hydrogen) atoms. The normalized spacial score (nSPS) is 14.8. The van der Waals surface area contributed by atoms with Gasteiger partial charge in [-0.3, -0.25) is 4.79 Å². The van der Waals surface area contributed by atoms with Gasteiger partial charge in [0.25, 0.3) is 0 Å². The van der Waals surface area contributed by atoms with Gasteiger partial charge in [-0.1, -0.05) is 12.1 Å². The van der Waals surface area contributed by atoms with Crippen LogP contribution in [-0.4, -0.2) is 25.2 Å². The van der Waals surface area contributed by atoms with Crippen LogP contribution < -0.4 is 20.1 Å². The van der Waals surface area contributed by atoms with Crippen molar-refractivity contribution < 1.29 is 27.4 Å². The molecule has 8 heteroatoms. The molecule has 0 aromatic heterocycles. The number of nitrogens with one attached hydrogen (secondary N) is 2. The molecule has 1 aliphatic heterocycles. The van der Waals surface area contributed by atoms with E-state index in [0.717, 1.165) is 12.5 Å². The Morgan fingerprint density at radius 3 is 2.52 bits per heavy atom. The molecule has 0 radical (unpaired) electrons. The van der Waals surface area contributed by atoms with E-state index in [1.165, 1.54) is 18.2 Å².